The number of aromatic nitrogens is 4. The summed E-state index contributed by atoms with van der Waals surface area (Å²) in [4.78, 5) is 25.0. The molecule has 1 N–H and O–H groups in total. The van der Waals surface area contributed by atoms with Crippen molar-refractivity contribution in [1.82, 2.24) is 24.0 Å². The quantitative estimate of drug-likeness (QED) is 0.303. The Hall–Kier alpha value is -3.38. The van der Waals surface area contributed by atoms with Gasteiger partial charge in [-0.3, -0.25) is 4.79 Å². The van der Waals surface area contributed by atoms with Crippen LogP contribution < -0.4 is 10.2 Å². The van der Waals surface area contributed by atoms with Gasteiger partial charge in [-0.15, -0.1) is 11.3 Å². The molecule has 0 aliphatic carbocycles. The van der Waals surface area contributed by atoms with Crippen LogP contribution in [0.5, 0.6) is 0 Å². The third-order valence-electron chi connectivity index (χ3n) is 8.58. The van der Waals surface area contributed by atoms with Gasteiger partial charge in [0.25, 0.3) is 0 Å². The molecule has 1 aromatic carbocycles. The standard InChI is InChI=1S/C29H34F3N7OS/c1-19-20(3-4-25-24(19)7-10-38(25)9-6-23-12-33-17-36(23)2)5-8-37-13-21-15-39(16-22(21)14-37)27-28(41-18-34-27)35-26(40)11-29(30,31)32/h3-4,7,10,12,17-18,21-22H,5-6,8-9,11,13-16H2,1-2H3,(H,35,40). The maximum absolute atomic E-state index is 12.6. The van der Waals surface area contributed by atoms with E-state index in [1.165, 1.54) is 27.7 Å². The molecule has 41 heavy (non-hydrogen) atoms. The van der Waals surface area contributed by atoms with E-state index in [0.717, 1.165) is 63.4 Å². The number of anilines is 2. The van der Waals surface area contributed by atoms with Gasteiger partial charge >= 0.3 is 6.18 Å². The highest BCUT2D eigenvalue weighted by molar-refractivity contribution is 7.14. The Bertz CT molecular complexity index is 1530. The predicted molar refractivity (Wildman–Crippen MR) is 154 cm³/mol. The molecule has 0 bridgehead atoms. The lowest BCUT2D eigenvalue weighted by Gasteiger charge is -2.22. The number of amides is 1. The number of benzene rings is 1. The molecule has 2 aliphatic heterocycles. The molecule has 8 nitrogen and oxygen atoms in total. The maximum atomic E-state index is 12.6. The number of rotatable bonds is 9. The van der Waals surface area contributed by atoms with E-state index in [-0.39, 0.29) is 0 Å². The molecule has 2 aliphatic rings. The molecule has 3 aromatic heterocycles. The van der Waals surface area contributed by atoms with Gasteiger partial charge in [-0.05, 0) is 48.4 Å². The van der Waals surface area contributed by atoms with Crippen molar-refractivity contribution in [2.75, 3.05) is 42.9 Å². The molecule has 2 fully saturated rings. The maximum Gasteiger partial charge on any atom is 0.397 e. The number of halogens is 3. The van der Waals surface area contributed by atoms with Crippen molar-refractivity contribution in [1.29, 1.82) is 0 Å². The normalized spacial score (nSPS) is 19.4. The number of hydrogen-bond donors (Lipinski definition) is 1. The first-order chi connectivity index (χ1) is 19.6. The highest BCUT2D eigenvalue weighted by Crippen LogP contribution is 2.38. The van der Waals surface area contributed by atoms with Crippen LogP contribution in [0.3, 0.4) is 0 Å². The monoisotopic (exact) mass is 585 g/mol. The van der Waals surface area contributed by atoms with E-state index in [4.69, 9.17) is 0 Å². The topological polar surface area (TPSA) is 71.2 Å². The van der Waals surface area contributed by atoms with Crippen LogP contribution in [0.15, 0.2) is 42.4 Å². The zero-order chi connectivity index (χ0) is 28.7. The van der Waals surface area contributed by atoms with Gasteiger partial charge in [-0.1, -0.05) is 6.07 Å². The second-order valence-corrected chi connectivity index (χ2v) is 12.2. The minimum absolute atomic E-state index is 0.396. The molecule has 0 spiro atoms. The Labute approximate surface area is 240 Å². The molecule has 2 unspecified atom stereocenters. The summed E-state index contributed by atoms with van der Waals surface area (Å²) in [6.07, 6.45) is 1.86. The Morgan fingerprint density at radius 3 is 2.59 bits per heavy atom. The first-order valence-electron chi connectivity index (χ1n) is 13.9. The molecule has 0 radical (unpaired) electrons. The van der Waals surface area contributed by atoms with Gasteiger partial charge in [-0.2, -0.15) is 13.2 Å². The second-order valence-electron chi connectivity index (χ2n) is 11.3. The van der Waals surface area contributed by atoms with E-state index < -0.39 is 18.5 Å². The summed E-state index contributed by atoms with van der Waals surface area (Å²) in [5.74, 6) is 0.492. The minimum Gasteiger partial charge on any atom is -0.353 e. The van der Waals surface area contributed by atoms with Crippen LogP contribution >= 0.6 is 11.3 Å². The van der Waals surface area contributed by atoms with Crippen molar-refractivity contribution in [2.24, 2.45) is 18.9 Å². The molecular weight excluding hydrogens is 551 g/mol. The van der Waals surface area contributed by atoms with E-state index in [0.29, 0.717) is 22.7 Å². The number of nitrogens with zero attached hydrogens (tertiary/aromatic N) is 6. The van der Waals surface area contributed by atoms with E-state index in [1.807, 2.05) is 19.6 Å². The average Bonchev–Trinajstić information content (AvgIpc) is 3.71. The number of imidazole rings is 1. The Balaban J connectivity index is 1.02. The van der Waals surface area contributed by atoms with Crippen molar-refractivity contribution in [2.45, 2.75) is 38.9 Å². The molecule has 5 heterocycles. The number of likely N-dealkylation sites (tertiary alicyclic amines) is 1. The first kappa shape index (κ1) is 27.8. The molecular formula is C29H34F3N7OS. The Kier molecular flexibility index (Phi) is 7.54. The number of carbonyl (C=O) groups is 1. The van der Waals surface area contributed by atoms with Crippen LogP contribution in [0.1, 0.15) is 23.2 Å². The van der Waals surface area contributed by atoms with Gasteiger partial charge in [0, 0.05) is 81.7 Å². The predicted octanol–water partition coefficient (Wildman–Crippen LogP) is 4.88. The number of hydrogen-bond acceptors (Lipinski definition) is 6. The van der Waals surface area contributed by atoms with Crippen molar-refractivity contribution in [3.63, 3.8) is 0 Å². The molecule has 218 valence electrons. The first-order valence-corrected chi connectivity index (χ1v) is 14.8. The van der Waals surface area contributed by atoms with Crippen LogP contribution in [0.4, 0.5) is 24.0 Å². The smallest absolute Gasteiger partial charge is 0.353 e. The minimum atomic E-state index is -4.53. The number of thiazole rings is 1. The summed E-state index contributed by atoms with van der Waals surface area (Å²) in [5.41, 5.74) is 6.78. The van der Waals surface area contributed by atoms with Crippen LogP contribution in [-0.4, -0.2) is 68.8 Å². The Morgan fingerprint density at radius 1 is 1.10 bits per heavy atom. The summed E-state index contributed by atoms with van der Waals surface area (Å²) in [6, 6.07) is 6.74. The fraction of sp³-hybridized carbons (Fsp3) is 0.483. The molecule has 1 amide bonds. The number of nitrogens with one attached hydrogen (secondary N) is 1. The summed E-state index contributed by atoms with van der Waals surface area (Å²) >= 11 is 1.16. The highest BCUT2D eigenvalue weighted by Gasteiger charge is 2.41. The van der Waals surface area contributed by atoms with Gasteiger partial charge in [0.15, 0.2) is 5.82 Å². The van der Waals surface area contributed by atoms with Crippen LogP contribution in [0.2, 0.25) is 0 Å². The molecule has 6 rings (SSSR count). The van der Waals surface area contributed by atoms with E-state index in [2.05, 4.69) is 65.5 Å². The lowest BCUT2D eigenvalue weighted by molar-refractivity contribution is -0.150. The van der Waals surface area contributed by atoms with Gasteiger partial charge in [0.2, 0.25) is 5.91 Å². The lowest BCUT2D eigenvalue weighted by Crippen LogP contribution is -2.31. The summed E-state index contributed by atoms with van der Waals surface area (Å²) < 4.78 is 42.1. The number of alkyl halides is 3. The van der Waals surface area contributed by atoms with E-state index >= 15 is 0 Å². The van der Waals surface area contributed by atoms with Gasteiger partial charge < -0.3 is 24.3 Å². The van der Waals surface area contributed by atoms with Crippen LogP contribution in [0.25, 0.3) is 10.9 Å². The van der Waals surface area contributed by atoms with Crippen LogP contribution in [-0.2, 0) is 31.2 Å². The number of aryl methyl sites for hydroxylation is 4. The highest BCUT2D eigenvalue weighted by atomic mass is 32.1. The van der Waals surface area contributed by atoms with Crippen molar-refractivity contribution < 1.29 is 18.0 Å². The molecule has 12 heteroatoms. The molecule has 2 saturated heterocycles. The van der Waals surface area contributed by atoms with Gasteiger partial charge in [0.1, 0.15) is 11.4 Å². The lowest BCUT2D eigenvalue weighted by atomic mass is 10.0. The second kappa shape index (κ2) is 11.1. The zero-order valence-electron chi connectivity index (χ0n) is 23.2. The van der Waals surface area contributed by atoms with Gasteiger partial charge in [0.05, 0.1) is 11.8 Å². The molecule has 0 saturated carbocycles. The van der Waals surface area contributed by atoms with E-state index in [1.54, 1.807) is 5.51 Å². The molecule has 2 atom stereocenters. The fourth-order valence-electron chi connectivity index (χ4n) is 6.42. The third-order valence-corrected chi connectivity index (χ3v) is 9.31. The third kappa shape index (κ3) is 5.99. The van der Waals surface area contributed by atoms with Crippen molar-refractivity contribution in [3.8, 4) is 0 Å². The Morgan fingerprint density at radius 2 is 1.88 bits per heavy atom. The number of carbonyl (C=O) groups excluding carboxylic acids is 1. The summed E-state index contributed by atoms with van der Waals surface area (Å²) in [5, 5.41) is 4.12. The van der Waals surface area contributed by atoms with Crippen molar-refractivity contribution in [3.05, 3.63) is 59.3 Å². The summed E-state index contributed by atoms with van der Waals surface area (Å²) in [6.45, 7) is 7.71. The summed E-state index contributed by atoms with van der Waals surface area (Å²) in [7, 11) is 2.03. The largest absolute Gasteiger partial charge is 0.397 e. The van der Waals surface area contributed by atoms with Gasteiger partial charge in [-0.25, -0.2) is 9.97 Å². The fourth-order valence-corrected chi connectivity index (χ4v) is 7.14. The van der Waals surface area contributed by atoms with Crippen LogP contribution in [0, 0.1) is 18.8 Å². The zero-order valence-corrected chi connectivity index (χ0v) is 24.0. The SMILES string of the molecule is Cc1c(CCN2CC3CN(c4ncsc4NC(=O)CC(F)(F)F)CC3C2)ccc2c1ccn2CCc1cncn1C. The average molecular weight is 586 g/mol. The number of fused-ring (bicyclic) bond motifs is 2. The van der Waals surface area contributed by atoms with Crippen molar-refractivity contribution >= 4 is 39.0 Å². The van der Waals surface area contributed by atoms with E-state index in [9.17, 15) is 18.0 Å². The molecule has 4 aromatic rings.